The first-order chi connectivity index (χ1) is 12.8. The molecule has 2 N–H and O–H groups in total. The Hall–Kier alpha value is -2.55. The van der Waals surface area contributed by atoms with E-state index in [2.05, 4.69) is 10.4 Å². The molecule has 0 radical (unpaired) electrons. The van der Waals surface area contributed by atoms with Crippen molar-refractivity contribution in [2.24, 2.45) is 0 Å². The van der Waals surface area contributed by atoms with E-state index in [1.165, 1.54) is 0 Å². The number of aromatic nitrogens is 2. The fourth-order valence-electron chi connectivity index (χ4n) is 3.07. The number of halogens is 3. The standard InChI is InChI=1S/C18H21F3N4O2/c1-12-8-9-22-25(12)15-7-3-2-6-14(15)23-17(26)24-16(18(19,20)21)11-13-5-4-10-27-13/h2-3,6-9,13,16H,4-5,10-11H2,1H3,(H2,23,24,26). The third-order valence-corrected chi connectivity index (χ3v) is 4.44. The molecule has 27 heavy (non-hydrogen) atoms. The van der Waals surface area contributed by atoms with Gasteiger partial charge in [0.05, 0.1) is 17.5 Å². The Morgan fingerprint density at radius 1 is 1.37 bits per heavy atom. The minimum absolute atomic E-state index is 0.295. The van der Waals surface area contributed by atoms with Gasteiger partial charge in [-0.1, -0.05) is 12.1 Å². The smallest absolute Gasteiger partial charge is 0.378 e. The normalized spacial score (nSPS) is 18.3. The molecule has 1 aliphatic rings. The lowest BCUT2D eigenvalue weighted by Gasteiger charge is -2.24. The van der Waals surface area contributed by atoms with E-state index in [-0.39, 0.29) is 6.42 Å². The number of nitrogens with one attached hydrogen (secondary N) is 2. The minimum atomic E-state index is -4.55. The Bertz CT molecular complexity index is 785. The van der Waals surface area contributed by atoms with Crippen LogP contribution in [0.15, 0.2) is 36.5 Å². The number of alkyl halides is 3. The van der Waals surface area contributed by atoms with Gasteiger partial charge in [-0.3, -0.25) is 0 Å². The summed E-state index contributed by atoms with van der Waals surface area (Å²) in [7, 11) is 0. The summed E-state index contributed by atoms with van der Waals surface area (Å²) in [5.41, 5.74) is 1.76. The van der Waals surface area contributed by atoms with E-state index < -0.39 is 24.4 Å². The number of benzene rings is 1. The van der Waals surface area contributed by atoms with E-state index in [0.717, 1.165) is 12.1 Å². The lowest BCUT2D eigenvalue weighted by molar-refractivity contribution is -0.159. The highest BCUT2D eigenvalue weighted by Gasteiger charge is 2.42. The van der Waals surface area contributed by atoms with Crippen LogP contribution in [0.1, 0.15) is 25.0 Å². The van der Waals surface area contributed by atoms with Crippen LogP contribution < -0.4 is 10.6 Å². The Balaban J connectivity index is 1.72. The molecule has 2 heterocycles. The van der Waals surface area contributed by atoms with Crippen molar-refractivity contribution < 1.29 is 22.7 Å². The number of carbonyl (C=O) groups is 1. The Morgan fingerprint density at radius 3 is 2.78 bits per heavy atom. The average Bonchev–Trinajstić information content (AvgIpc) is 3.25. The molecule has 146 valence electrons. The zero-order valence-electron chi connectivity index (χ0n) is 14.8. The molecule has 1 aromatic carbocycles. The summed E-state index contributed by atoms with van der Waals surface area (Å²) in [4.78, 5) is 12.3. The average molecular weight is 382 g/mol. The molecule has 0 spiro atoms. The molecule has 2 atom stereocenters. The maximum Gasteiger partial charge on any atom is 0.408 e. The second-order valence-electron chi connectivity index (χ2n) is 6.46. The summed E-state index contributed by atoms with van der Waals surface area (Å²) < 4.78 is 46.8. The van der Waals surface area contributed by atoms with Gasteiger partial charge in [-0.2, -0.15) is 18.3 Å². The van der Waals surface area contributed by atoms with Crippen molar-refractivity contribution in [3.05, 3.63) is 42.2 Å². The Kier molecular flexibility index (Phi) is 5.69. The molecule has 2 aromatic rings. The molecule has 0 aliphatic carbocycles. The van der Waals surface area contributed by atoms with Crippen molar-refractivity contribution >= 4 is 11.7 Å². The largest absolute Gasteiger partial charge is 0.408 e. The number of hydrogen-bond acceptors (Lipinski definition) is 3. The second-order valence-corrected chi connectivity index (χ2v) is 6.46. The van der Waals surface area contributed by atoms with Crippen LogP contribution in [-0.4, -0.2) is 40.7 Å². The number of rotatable bonds is 5. The van der Waals surface area contributed by atoms with E-state index in [1.807, 2.05) is 12.2 Å². The third-order valence-electron chi connectivity index (χ3n) is 4.44. The van der Waals surface area contributed by atoms with Crippen molar-refractivity contribution in [2.75, 3.05) is 11.9 Å². The topological polar surface area (TPSA) is 68.2 Å². The first kappa shape index (κ1) is 19.2. The van der Waals surface area contributed by atoms with Gasteiger partial charge in [0.25, 0.3) is 0 Å². The molecule has 0 bridgehead atoms. The van der Waals surface area contributed by atoms with E-state index in [1.54, 1.807) is 41.2 Å². The fraction of sp³-hybridized carbons (Fsp3) is 0.444. The predicted octanol–water partition coefficient (Wildman–Crippen LogP) is 3.80. The van der Waals surface area contributed by atoms with Gasteiger partial charge < -0.3 is 15.4 Å². The highest BCUT2D eigenvalue weighted by molar-refractivity contribution is 5.91. The van der Waals surface area contributed by atoms with Crippen LogP contribution in [0.5, 0.6) is 0 Å². The highest BCUT2D eigenvalue weighted by atomic mass is 19.4. The van der Waals surface area contributed by atoms with E-state index in [9.17, 15) is 18.0 Å². The maximum atomic E-state index is 13.3. The predicted molar refractivity (Wildman–Crippen MR) is 93.9 cm³/mol. The van der Waals surface area contributed by atoms with Crippen LogP contribution in [-0.2, 0) is 4.74 Å². The van der Waals surface area contributed by atoms with Crippen LogP contribution in [0.4, 0.5) is 23.7 Å². The van der Waals surface area contributed by atoms with Crippen LogP contribution in [0, 0.1) is 6.92 Å². The van der Waals surface area contributed by atoms with Gasteiger partial charge in [0, 0.05) is 24.9 Å². The molecule has 1 aliphatic heterocycles. The van der Waals surface area contributed by atoms with Crippen LogP contribution >= 0.6 is 0 Å². The second kappa shape index (κ2) is 7.99. The van der Waals surface area contributed by atoms with Gasteiger partial charge in [0.2, 0.25) is 0 Å². The van der Waals surface area contributed by atoms with Crippen molar-refractivity contribution in [2.45, 2.75) is 44.5 Å². The fourth-order valence-corrected chi connectivity index (χ4v) is 3.07. The molecule has 0 saturated carbocycles. The minimum Gasteiger partial charge on any atom is -0.378 e. The van der Waals surface area contributed by atoms with Gasteiger partial charge >= 0.3 is 12.2 Å². The summed E-state index contributed by atoms with van der Waals surface area (Å²) in [5.74, 6) is 0. The van der Waals surface area contributed by atoms with Crippen LogP contribution in [0.2, 0.25) is 0 Å². The molecule has 3 rings (SSSR count). The van der Waals surface area contributed by atoms with E-state index in [0.29, 0.717) is 24.4 Å². The van der Waals surface area contributed by atoms with Gasteiger partial charge in [0.1, 0.15) is 6.04 Å². The summed E-state index contributed by atoms with van der Waals surface area (Å²) in [6, 6.07) is 5.67. The number of aryl methyl sites for hydroxylation is 1. The summed E-state index contributed by atoms with van der Waals surface area (Å²) >= 11 is 0. The number of amides is 2. The summed E-state index contributed by atoms with van der Waals surface area (Å²) in [6.45, 7) is 2.29. The third kappa shape index (κ3) is 4.79. The van der Waals surface area contributed by atoms with Gasteiger partial charge in [0.15, 0.2) is 0 Å². The van der Waals surface area contributed by atoms with Crippen molar-refractivity contribution in [3.63, 3.8) is 0 Å². The Labute approximate surface area is 154 Å². The van der Waals surface area contributed by atoms with E-state index in [4.69, 9.17) is 4.74 Å². The first-order valence-electron chi connectivity index (χ1n) is 8.70. The SMILES string of the molecule is Cc1ccnn1-c1ccccc1NC(=O)NC(CC1CCCO1)C(F)(F)F. The molecule has 1 saturated heterocycles. The highest BCUT2D eigenvalue weighted by Crippen LogP contribution is 2.28. The van der Waals surface area contributed by atoms with Gasteiger partial charge in [-0.25, -0.2) is 9.48 Å². The lowest BCUT2D eigenvalue weighted by atomic mass is 10.1. The van der Waals surface area contributed by atoms with Crippen molar-refractivity contribution in [3.8, 4) is 5.69 Å². The molecule has 1 fully saturated rings. The van der Waals surface area contributed by atoms with E-state index >= 15 is 0 Å². The van der Waals surface area contributed by atoms with Gasteiger partial charge in [-0.15, -0.1) is 0 Å². The lowest BCUT2D eigenvalue weighted by Crippen LogP contribution is -2.48. The molecular formula is C18H21F3N4O2. The maximum absolute atomic E-state index is 13.3. The number of hydrogen-bond donors (Lipinski definition) is 2. The monoisotopic (exact) mass is 382 g/mol. The molecule has 2 amide bonds. The van der Waals surface area contributed by atoms with Gasteiger partial charge in [-0.05, 0) is 38.0 Å². The zero-order chi connectivity index (χ0) is 19.4. The van der Waals surface area contributed by atoms with Crippen molar-refractivity contribution in [1.82, 2.24) is 15.1 Å². The number of para-hydroxylation sites is 2. The summed E-state index contributed by atoms with van der Waals surface area (Å²) in [6.07, 6.45) is -2.43. The number of carbonyl (C=O) groups excluding carboxylic acids is 1. The molecule has 1 aromatic heterocycles. The number of nitrogens with zero attached hydrogens (tertiary/aromatic N) is 2. The Morgan fingerprint density at radius 2 is 2.15 bits per heavy atom. The molecule has 9 heteroatoms. The molecular weight excluding hydrogens is 361 g/mol. The number of anilines is 1. The molecule has 6 nitrogen and oxygen atoms in total. The van der Waals surface area contributed by atoms with Crippen LogP contribution in [0.3, 0.4) is 0 Å². The first-order valence-corrected chi connectivity index (χ1v) is 8.70. The quantitative estimate of drug-likeness (QED) is 0.827. The van der Waals surface area contributed by atoms with Crippen LogP contribution in [0.25, 0.3) is 5.69 Å². The summed E-state index contributed by atoms with van der Waals surface area (Å²) in [5, 5.41) is 8.71. The number of ether oxygens (including phenoxy) is 1. The van der Waals surface area contributed by atoms with Crippen molar-refractivity contribution in [1.29, 1.82) is 0 Å². The zero-order valence-corrected chi connectivity index (χ0v) is 14.8. The molecule has 2 unspecified atom stereocenters. The number of urea groups is 1.